The van der Waals surface area contributed by atoms with Crippen LogP contribution in [0.25, 0.3) is 0 Å². The average Bonchev–Trinajstić information content (AvgIpc) is 2.81. The van der Waals surface area contributed by atoms with Gasteiger partial charge < -0.3 is 9.67 Å². The maximum Gasteiger partial charge on any atom is 0.352 e. The predicted molar refractivity (Wildman–Crippen MR) is 77.1 cm³/mol. The van der Waals surface area contributed by atoms with Gasteiger partial charge in [0.05, 0.1) is 0 Å². The molecule has 1 fully saturated rings. The maximum atomic E-state index is 11.4. The van der Waals surface area contributed by atoms with Crippen LogP contribution in [0.5, 0.6) is 0 Å². The van der Waals surface area contributed by atoms with Crippen LogP contribution in [0.15, 0.2) is 12.3 Å². The van der Waals surface area contributed by atoms with E-state index in [9.17, 15) is 14.7 Å². The van der Waals surface area contributed by atoms with Crippen molar-refractivity contribution >= 4 is 11.8 Å². The van der Waals surface area contributed by atoms with Gasteiger partial charge in [-0.2, -0.15) is 0 Å². The van der Waals surface area contributed by atoms with Crippen LogP contribution in [-0.4, -0.2) is 21.4 Å². The standard InChI is InChI=1S/C16H23NO3/c1-11-4-3-5-13(8-11)6-7-17-10-14(12(2)18)9-15(17)16(19)20/h9-11,13H,3-8H2,1-2H3,(H,19,20). The maximum absolute atomic E-state index is 11.4. The van der Waals surface area contributed by atoms with E-state index in [0.29, 0.717) is 18.0 Å². The largest absolute Gasteiger partial charge is 0.477 e. The smallest absolute Gasteiger partial charge is 0.352 e. The first-order chi connectivity index (χ1) is 9.47. The number of carbonyl (C=O) groups is 2. The molecule has 1 N–H and O–H groups in total. The Morgan fingerprint density at radius 2 is 2.15 bits per heavy atom. The van der Waals surface area contributed by atoms with Gasteiger partial charge in [0.15, 0.2) is 5.78 Å². The van der Waals surface area contributed by atoms with Crippen molar-refractivity contribution in [2.75, 3.05) is 0 Å². The van der Waals surface area contributed by atoms with E-state index in [2.05, 4.69) is 6.92 Å². The molecule has 20 heavy (non-hydrogen) atoms. The molecule has 4 heteroatoms. The predicted octanol–water partition coefficient (Wildman–Crippen LogP) is 3.61. The van der Waals surface area contributed by atoms with Crippen LogP contribution in [0.4, 0.5) is 0 Å². The lowest BCUT2D eigenvalue weighted by molar-refractivity contribution is 0.0684. The summed E-state index contributed by atoms with van der Waals surface area (Å²) in [5.74, 6) is 0.417. The third-order valence-corrected chi connectivity index (χ3v) is 4.35. The fraction of sp³-hybridized carbons (Fsp3) is 0.625. The van der Waals surface area contributed by atoms with E-state index >= 15 is 0 Å². The molecule has 2 unspecified atom stereocenters. The number of aromatic nitrogens is 1. The Balaban J connectivity index is 2.04. The van der Waals surface area contributed by atoms with E-state index in [1.165, 1.54) is 38.7 Å². The number of aromatic carboxylic acids is 1. The van der Waals surface area contributed by atoms with Crippen molar-refractivity contribution in [1.82, 2.24) is 4.57 Å². The quantitative estimate of drug-likeness (QED) is 0.836. The summed E-state index contributed by atoms with van der Waals surface area (Å²) in [6, 6.07) is 1.48. The summed E-state index contributed by atoms with van der Waals surface area (Å²) in [5.41, 5.74) is 0.707. The number of carbonyl (C=O) groups excluding carboxylic acids is 1. The molecular weight excluding hydrogens is 254 g/mol. The summed E-state index contributed by atoms with van der Waals surface area (Å²) in [6.07, 6.45) is 7.75. The summed E-state index contributed by atoms with van der Waals surface area (Å²) in [4.78, 5) is 22.6. The van der Waals surface area contributed by atoms with Crippen molar-refractivity contribution in [2.45, 2.75) is 52.5 Å². The lowest BCUT2D eigenvalue weighted by Gasteiger charge is -2.26. The van der Waals surface area contributed by atoms with Crippen LogP contribution in [0.3, 0.4) is 0 Å². The molecule has 1 heterocycles. The van der Waals surface area contributed by atoms with Crippen molar-refractivity contribution in [3.63, 3.8) is 0 Å². The monoisotopic (exact) mass is 277 g/mol. The zero-order valence-electron chi connectivity index (χ0n) is 12.3. The second-order valence-electron chi connectivity index (χ2n) is 6.10. The van der Waals surface area contributed by atoms with E-state index < -0.39 is 5.97 Å². The first-order valence-corrected chi connectivity index (χ1v) is 7.41. The number of aryl methyl sites for hydroxylation is 1. The number of ketones is 1. The molecule has 1 aromatic heterocycles. The van der Waals surface area contributed by atoms with Crippen LogP contribution in [-0.2, 0) is 6.54 Å². The van der Waals surface area contributed by atoms with E-state index in [0.717, 1.165) is 12.3 Å². The molecule has 0 bridgehead atoms. The summed E-state index contributed by atoms with van der Waals surface area (Å²) in [5, 5.41) is 9.21. The Morgan fingerprint density at radius 3 is 2.75 bits per heavy atom. The van der Waals surface area contributed by atoms with Crippen molar-refractivity contribution < 1.29 is 14.7 Å². The first-order valence-electron chi connectivity index (χ1n) is 7.41. The van der Waals surface area contributed by atoms with Gasteiger partial charge >= 0.3 is 5.97 Å². The SMILES string of the molecule is CC(=O)c1cc(C(=O)O)n(CCC2CCCC(C)C2)c1. The second kappa shape index (κ2) is 6.25. The van der Waals surface area contributed by atoms with Crippen molar-refractivity contribution in [1.29, 1.82) is 0 Å². The fourth-order valence-electron chi connectivity index (χ4n) is 3.21. The molecule has 0 saturated heterocycles. The third kappa shape index (κ3) is 3.50. The molecule has 4 nitrogen and oxygen atoms in total. The number of nitrogens with zero attached hydrogens (tertiary/aromatic N) is 1. The van der Waals surface area contributed by atoms with Gasteiger partial charge in [-0.1, -0.05) is 26.2 Å². The van der Waals surface area contributed by atoms with Crippen LogP contribution in [0.2, 0.25) is 0 Å². The van der Waals surface area contributed by atoms with Gasteiger partial charge in [-0.15, -0.1) is 0 Å². The highest BCUT2D eigenvalue weighted by atomic mass is 16.4. The van der Waals surface area contributed by atoms with Crippen LogP contribution in [0.1, 0.15) is 66.8 Å². The second-order valence-corrected chi connectivity index (χ2v) is 6.10. The van der Waals surface area contributed by atoms with E-state index in [4.69, 9.17) is 0 Å². The molecule has 110 valence electrons. The molecule has 0 aliphatic heterocycles. The highest BCUT2D eigenvalue weighted by Gasteiger charge is 2.20. The zero-order valence-corrected chi connectivity index (χ0v) is 12.3. The van der Waals surface area contributed by atoms with Crippen molar-refractivity contribution in [2.24, 2.45) is 11.8 Å². The number of Topliss-reactive ketones (excluding diaryl/α,β-unsaturated/α-hetero) is 1. The lowest BCUT2D eigenvalue weighted by Crippen LogP contribution is -2.16. The molecule has 2 atom stereocenters. The third-order valence-electron chi connectivity index (χ3n) is 4.35. The zero-order chi connectivity index (χ0) is 14.7. The molecule has 0 radical (unpaired) electrons. The van der Waals surface area contributed by atoms with Gasteiger partial charge in [-0.3, -0.25) is 4.79 Å². The van der Waals surface area contributed by atoms with Gasteiger partial charge in [0.25, 0.3) is 0 Å². The lowest BCUT2D eigenvalue weighted by atomic mass is 9.81. The Kier molecular flexibility index (Phi) is 4.63. The number of rotatable bonds is 5. The summed E-state index contributed by atoms with van der Waals surface area (Å²) in [7, 11) is 0. The van der Waals surface area contributed by atoms with Gasteiger partial charge in [0.2, 0.25) is 0 Å². The minimum atomic E-state index is -0.963. The highest BCUT2D eigenvalue weighted by Crippen LogP contribution is 2.31. The van der Waals surface area contributed by atoms with E-state index in [1.54, 1.807) is 10.8 Å². The number of hydrogen-bond acceptors (Lipinski definition) is 2. The molecule has 0 aromatic carbocycles. The molecule has 1 aliphatic carbocycles. The summed E-state index contributed by atoms with van der Waals surface area (Å²) < 4.78 is 1.72. The Hall–Kier alpha value is -1.58. The summed E-state index contributed by atoms with van der Waals surface area (Å²) >= 11 is 0. The molecular formula is C16H23NO3. The van der Waals surface area contributed by atoms with Crippen LogP contribution in [0, 0.1) is 11.8 Å². The average molecular weight is 277 g/mol. The highest BCUT2D eigenvalue weighted by molar-refractivity contribution is 5.97. The van der Waals surface area contributed by atoms with Crippen molar-refractivity contribution in [3.8, 4) is 0 Å². The first kappa shape index (κ1) is 14.8. The van der Waals surface area contributed by atoms with Crippen LogP contribution < -0.4 is 0 Å². The molecule has 2 rings (SSSR count). The van der Waals surface area contributed by atoms with Crippen LogP contribution >= 0.6 is 0 Å². The molecule has 1 aromatic rings. The number of carboxylic acid groups (broad SMARTS) is 1. The Morgan fingerprint density at radius 1 is 1.40 bits per heavy atom. The van der Waals surface area contributed by atoms with Gasteiger partial charge in [0, 0.05) is 18.3 Å². The molecule has 1 aliphatic rings. The number of hydrogen-bond donors (Lipinski definition) is 1. The minimum absolute atomic E-state index is 0.0856. The van der Waals surface area contributed by atoms with E-state index in [1.807, 2.05) is 0 Å². The normalized spacial score (nSPS) is 22.7. The van der Waals surface area contributed by atoms with Crippen molar-refractivity contribution in [3.05, 3.63) is 23.5 Å². The van der Waals surface area contributed by atoms with Gasteiger partial charge in [0.1, 0.15) is 5.69 Å². The topological polar surface area (TPSA) is 59.3 Å². The van der Waals surface area contributed by atoms with Gasteiger partial charge in [-0.05, 0) is 37.7 Å². The fourth-order valence-corrected chi connectivity index (χ4v) is 3.21. The molecule has 0 amide bonds. The Labute approximate surface area is 119 Å². The molecule has 0 spiro atoms. The van der Waals surface area contributed by atoms with Gasteiger partial charge in [-0.25, -0.2) is 4.79 Å². The molecule has 1 saturated carbocycles. The van der Waals surface area contributed by atoms with E-state index in [-0.39, 0.29) is 11.5 Å². The number of carboxylic acids is 1. The Bertz CT molecular complexity index is 504. The minimum Gasteiger partial charge on any atom is -0.477 e. The summed E-state index contributed by atoms with van der Waals surface area (Å²) in [6.45, 7) is 4.44.